The van der Waals surface area contributed by atoms with E-state index in [2.05, 4.69) is 95.3 Å². The lowest BCUT2D eigenvalue weighted by molar-refractivity contribution is 0.446. The van der Waals surface area contributed by atoms with Crippen molar-refractivity contribution in [2.75, 3.05) is 0 Å². The van der Waals surface area contributed by atoms with Crippen molar-refractivity contribution in [2.24, 2.45) is 0 Å². The summed E-state index contributed by atoms with van der Waals surface area (Å²) >= 11 is 0. The molecule has 0 unspecified atom stereocenters. The highest BCUT2D eigenvalue weighted by molar-refractivity contribution is 5.90. The third-order valence-electron chi connectivity index (χ3n) is 7.50. The molecule has 0 radical (unpaired) electrons. The molecular formula is C34H37N3O. The van der Waals surface area contributed by atoms with Crippen LogP contribution < -0.4 is 0 Å². The van der Waals surface area contributed by atoms with E-state index in [4.69, 9.17) is 4.98 Å². The van der Waals surface area contributed by atoms with Gasteiger partial charge in [-0.2, -0.15) is 0 Å². The number of hydrogen-bond acceptors (Lipinski definition) is 3. The molecule has 4 heteroatoms. The van der Waals surface area contributed by atoms with Crippen LogP contribution in [-0.2, 0) is 10.8 Å². The Morgan fingerprint density at radius 2 is 1.50 bits per heavy atom. The average Bonchev–Trinajstić information content (AvgIpc) is 3.12. The maximum absolute atomic E-state index is 11.5. The van der Waals surface area contributed by atoms with Crippen molar-refractivity contribution >= 4 is 10.9 Å². The van der Waals surface area contributed by atoms with Crippen molar-refractivity contribution in [3.05, 3.63) is 95.3 Å². The summed E-state index contributed by atoms with van der Waals surface area (Å²) in [4.78, 5) is 9.69. The minimum absolute atomic E-state index is 0.0632. The minimum Gasteiger partial charge on any atom is -0.507 e. The van der Waals surface area contributed by atoms with Gasteiger partial charge in [0, 0.05) is 34.0 Å². The van der Waals surface area contributed by atoms with Gasteiger partial charge in [-0.05, 0) is 72.2 Å². The summed E-state index contributed by atoms with van der Waals surface area (Å²) in [5, 5.41) is 12.7. The molecule has 0 aliphatic rings. The van der Waals surface area contributed by atoms with Crippen LogP contribution in [-0.4, -0.2) is 19.6 Å². The molecule has 0 spiro atoms. The van der Waals surface area contributed by atoms with Crippen LogP contribution in [0.4, 0.5) is 0 Å². The molecule has 4 nitrogen and oxygen atoms in total. The fourth-order valence-electron chi connectivity index (χ4n) is 5.10. The van der Waals surface area contributed by atoms with Crippen molar-refractivity contribution in [1.82, 2.24) is 14.5 Å². The Hall–Kier alpha value is -3.92. The van der Waals surface area contributed by atoms with Crippen LogP contribution in [0.2, 0.25) is 0 Å². The van der Waals surface area contributed by atoms with Crippen molar-refractivity contribution in [2.45, 2.75) is 66.2 Å². The molecule has 0 aliphatic carbocycles. The highest BCUT2D eigenvalue weighted by Gasteiger charge is 2.26. The molecular weight excluding hydrogens is 466 g/mol. The number of rotatable bonds is 3. The van der Waals surface area contributed by atoms with Gasteiger partial charge in [0.2, 0.25) is 0 Å². The van der Waals surface area contributed by atoms with E-state index in [1.807, 2.05) is 42.6 Å². The summed E-state index contributed by atoms with van der Waals surface area (Å²) in [7, 11) is 0. The van der Waals surface area contributed by atoms with E-state index in [0.717, 1.165) is 45.1 Å². The standard InChI is InChI=1S/C34H37N3O/c1-21-22(2)37(30-18-23(15-16-25(21)30)28-12-9-10-17-35-28)31-14-11-13-29(36-31)26-19-24(33(3,4)5)20-27(32(26)38)34(6,7)8/h9-20,38H,1-8H3. The Bertz CT molecular complexity index is 1650. The summed E-state index contributed by atoms with van der Waals surface area (Å²) in [6, 6.07) is 22.8. The summed E-state index contributed by atoms with van der Waals surface area (Å²) in [5.41, 5.74) is 8.85. The van der Waals surface area contributed by atoms with E-state index in [1.165, 1.54) is 16.5 Å². The van der Waals surface area contributed by atoms with Crippen LogP contribution in [0.1, 0.15) is 63.9 Å². The fourth-order valence-corrected chi connectivity index (χ4v) is 5.10. The van der Waals surface area contributed by atoms with Gasteiger partial charge in [-0.3, -0.25) is 9.55 Å². The van der Waals surface area contributed by atoms with E-state index in [9.17, 15) is 5.11 Å². The first kappa shape index (κ1) is 25.7. The molecule has 0 atom stereocenters. The Kier molecular flexibility index (Phi) is 6.18. The summed E-state index contributed by atoms with van der Waals surface area (Å²) in [6.45, 7) is 17.3. The second-order valence-electron chi connectivity index (χ2n) is 12.3. The predicted molar refractivity (Wildman–Crippen MR) is 158 cm³/mol. The number of phenolic OH excluding ortho intramolecular Hbond substituents is 1. The molecule has 3 heterocycles. The molecule has 2 aromatic carbocycles. The van der Waals surface area contributed by atoms with Crippen LogP contribution in [0.15, 0.2) is 72.9 Å². The smallest absolute Gasteiger partial charge is 0.138 e. The number of phenols is 1. The van der Waals surface area contributed by atoms with Gasteiger partial charge in [0.15, 0.2) is 0 Å². The van der Waals surface area contributed by atoms with E-state index in [-0.39, 0.29) is 10.8 Å². The number of aromatic hydroxyl groups is 1. The first-order chi connectivity index (χ1) is 17.9. The minimum atomic E-state index is -0.204. The van der Waals surface area contributed by atoms with Gasteiger partial charge >= 0.3 is 0 Å². The molecule has 5 rings (SSSR count). The number of hydrogen-bond donors (Lipinski definition) is 1. The van der Waals surface area contributed by atoms with Crippen LogP contribution in [0.3, 0.4) is 0 Å². The van der Waals surface area contributed by atoms with Crippen molar-refractivity contribution < 1.29 is 5.11 Å². The lowest BCUT2D eigenvalue weighted by Crippen LogP contribution is -2.17. The Balaban J connectivity index is 1.72. The molecule has 0 fully saturated rings. The maximum Gasteiger partial charge on any atom is 0.138 e. The normalized spacial score (nSPS) is 12.3. The Morgan fingerprint density at radius 3 is 2.16 bits per heavy atom. The number of pyridine rings is 2. The van der Waals surface area contributed by atoms with E-state index in [1.54, 1.807) is 0 Å². The molecule has 1 N–H and O–H groups in total. The van der Waals surface area contributed by atoms with Crippen molar-refractivity contribution in [3.63, 3.8) is 0 Å². The lowest BCUT2D eigenvalue weighted by atomic mass is 9.78. The zero-order valence-corrected chi connectivity index (χ0v) is 23.7. The number of fused-ring (bicyclic) bond motifs is 1. The van der Waals surface area contributed by atoms with Gasteiger partial charge in [-0.25, -0.2) is 4.98 Å². The van der Waals surface area contributed by atoms with E-state index in [0.29, 0.717) is 5.75 Å². The van der Waals surface area contributed by atoms with Gasteiger partial charge in [0.1, 0.15) is 11.6 Å². The third-order valence-corrected chi connectivity index (χ3v) is 7.50. The van der Waals surface area contributed by atoms with Crippen LogP contribution in [0.25, 0.3) is 39.2 Å². The molecule has 0 saturated carbocycles. The first-order valence-corrected chi connectivity index (χ1v) is 13.2. The largest absolute Gasteiger partial charge is 0.507 e. The highest BCUT2D eigenvalue weighted by atomic mass is 16.3. The molecule has 0 bridgehead atoms. The maximum atomic E-state index is 11.5. The highest BCUT2D eigenvalue weighted by Crippen LogP contribution is 2.42. The first-order valence-electron chi connectivity index (χ1n) is 13.2. The van der Waals surface area contributed by atoms with Crippen molar-refractivity contribution in [3.8, 4) is 34.1 Å². The van der Waals surface area contributed by atoms with Crippen LogP contribution >= 0.6 is 0 Å². The summed E-state index contributed by atoms with van der Waals surface area (Å²) in [5.74, 6) is 1.13. The monoisotopic (exact) mass is 503 g/mol. The summed E-state index contributed by atoms with van der Waals surface area (Å²) in [6.07, 6.45) is 1.82. The molecule has 194 valence electrons. The second kappa shape index (κ2) is 9.13. The van der Waals surface area contributed by atoms with Gasteiger partial charge in [0.25, 0.3) is 0 Å². The SMILES string of the molecule is Cc1c(C)n(-c2cccc(-c3cc(C(C)(C)C)cc(C(C)(C)C)c3O)n2)c2cc(-c3ccccn3)ccc12. The Morgan fingerprint density at radius 1 is 0.763 bits per heavy atom. The quantitative estimate of drug-likeness (QED) is 0.268. The molecule has 5 aromatic rings. The zero-order valence-electron chi connectivity index (χ0n) is 23.7. The molecule has 0 saturated heterocycles. The van der Waals surface area contributed by atoms with Crippen molar-refractivity contribution in [1.29, 1.82) is 0 Å². The van der Waals surface area contributed by atoms with Gasteiger partial charge < -0.3 is 5.11 Å². The fraction of sp³-hybridized carbons (Fsp3) is 0.294. The topological polar surface area (TPSA) is 50.9 Å². The number of aryl methyl sites for hydroxylation is 1. The van der Waals surface area contributed by atoms with Gasteiger partial charge in [0.05, 0.1) is 16.9 Å². The number of benzene rings is 2. The van der Waals surface area contributed by atoms with Crippen LogP contribution in [0.5, 0.6) is 5.75 Å². The zero-order chi connectivity index (χ0) is 27.4. The number of nitrogens with zero attached hydrogens (tertiary/aromatic N) is 3. The molecule has 0 amide bonds. The van der Waals surface area contributed by atoms with E-state index >= 15 is 0 Å². The lowest BCUT2D eigenvalue weighted by Gasteiger charge is -2.27. The third kappa shape index (κ3) is 4.49. The molecule has 38 heavy (non-hydrogen) atoms. The van der Waals surface area contributed by atoms with Gasteiger partial charge in [-0.1, -0.05) is 71.9 Å². The van der Waals surface area contributed by atoms with E-state index < -0.39 is 0 Å². The second-order valence-corrected chi connectivity index (χ2v) is 12.3. The molecule has 3 aromatic heterocycles. The van der Waals surface area contributed by atoms with Crippen LogP contribution in [0, 0.1) is 13.8 Å². The number of aromatic nitrogens is 3. The Labute approximate surface area is 226 Å². The average molecular weight is 504 g/mol. The summed E-state index contributed by atoms with van der Waals surface area (Å²) < 4.78 is 2.22. The predicted octanol–water partition coefficient (Wildman–Crippen LogP) is 8.67. The molecule has 0 aliphatic heterocycles. The van der Waals surface area contributed by atoms with Gasteiger partial charge in [-0.15, -0.1) is 0 Å².